The highest BCUT2D eigenvalue weighted by atomic mass is 16.5. The van der Waals surface area contributed by atoms with Gasteiger partial charge in [-0.15, -0.1) is 0 Å². The van der Waals surface area contributed by atoms with Gasteiger partial charge in [-0.05, 0) is 68.7 Å². The Morgan fingerprint density at radius 2 is 1.88 bits per heavy atom. The highest BCUT2D eigenvalue weighted by Gasteiger charge is 2.13. The third kappa shape index (κ3) is 5.25. The first-order valence-electron chi connectivity index (χ1n) is 9.12. The summed E-state index contributed by atoms with van der Waals surface area (Å²) in [7, 11) is 1.62. The number of hydrogen-bond acceptors (Lipinski definition) is 3. The molecule has 4 nitrogen and oxygen atoms in total. The Bertz CT molecular complexity index is 755. The number of benzene rings is 2. The molecule has 0 unspecified atom stereocenters. The van der Waals surface area contributed by atoms with E-state index in [0.717, 1.165) is 24.2 Å². The molecule has 2 rings (SSSR count). The SMILES string of the molecule is CCC[C@H](C)NC(=O)c1ccc(OC)c(COc2ccc(C)c(C)c2)c1. The van der Waals surface area contributed by atoms with E-state index in [2.05, 4.69) is 26.1 Å². The minimum Gasteiger partial charge on any atom is -0.496 e. The summed E-state index contributed by atoms with van der Waals surface area (Å²) in [6.45, 7) is 8.61. The van der Waals surface area contributed by atoms with E-state index in [1.807, 2.05) is 37.3 Å². The Balaban J connectivity index is 2.13. The predicted octanol–water partition coefficient (Wildman–Crippen LogP) is 4.81. The highest BCUT2D eigenvalue weighted by Crippen LogP contribution is 2.23. The van der Waals surface area contributed by atoms with Gasteiger partial charge in [0.05, 0.1) is 7.11 Å². The number of carbonyl (C=O) groups excluding carboxylic acids is 1. The van der Waals surface area contributed by atoms with Gasteiger partial charge in [-0.2, -0.15) is 0 Å². The molecule has 1 N–H and O–H groups in total. The van der Waals surface area contributed by atoms with E-state index < -0.39 is 0 Å². The molecular weight excluding hydrogens is 326 g/mol. The molecule has 1 atom stereocenters. The van der Waals surface area contributed by atoms with Crippen molar-refractivity contribution in [2.75, 3.05) is 7.11 Å². The van der Waals surface area contributed by atoms with Crippen molar-refractivity contribution < 1.29 is 14.3 Å². The van der Waals surface area contributed by atoms with Crippen molar-refractivity contribution in [1.82, 2.24) is 5.32 Å². The van der Waals surface area contributed by atoms with Crippen molar-refractivity contribution >= 4 is 5.91 Å². The van der Waals surface area contributed by atoms with Crippen LogP contribution in [0.5, 0.6) is 11.5 Å². The second-order valence-corrected chi connectivity index (χ2v) is 6.72. The molecule has 2 aromatic rings. The molecule has 0 fully saturated rings. The van der Waals surface area contributed by atoms with Crippen LogP contribution in [0.4, 0.5) is 0 Å². The topological polar surface area (TPSA) is 47.6 Å². The average molecular weight is 355 g/mol. The molecule has 0 heterocycles. The summed E-state index contributed by atoms with van der Waals surface area (Å²) in [5, 5.41) is 3.03. The first kappa shape index (κ1) is 19.8. The molecule has 1 amide bonds. The largest absolute Gasteiger partial charge is 0.496 e. The zero-order chi connectivity index (χ0) is 19.1. The Morgan fingerprint density at radius 1 is 1.12 bits per heavy atom. The number of rotatable bonds is 8. The zero-order valence-electron chi connectivity index (χ0n) is 16.4. The number of aryl methyl sites for hydroxylation is 2. The molecule has 0 aliphatic heterocycles. The first-order valence-corrected chi connectivity index (χ1v) is 9.12. The van der Waals surface area contributed by atoms with Crippen LogP contribution in [-0.4, -0.2) is 19.1 Å². The Hall–Kier alpha value is -2.49. The maximum atomic E-state index is 12.4. The summed E-state index contributed by atoms with van der Waals surface area (Å²) in [4.78, 5) is 12.4. The molecular formula is C22H29NO3. The van der Waals surface area contributed by atoms with Crippen molar-refractivity contribution in [3.63, 3.8) is 0 Å². The fourth-order valence-corrected chi connectivity index (χ4v) is 2.81. The normalized spacial score (nSPS) is 11.7. The Labute approximate surface area is 156 Å². The van der Waals surface area contributed by atoms with Crippen LogP contribution in [-0.2, 0) is 6.61 Å². The molecule has 4 heteroatoms. The molecule has 2 aromatic carbocycles. The standard InChI is InChI=1S/C22H29NO3/c1-6-7-17(4)23-22(24)18-9-11-21(25-5)19(13-18)14-26-20-10-8-15(2)16(3)12-20/h8-13,17H,6-7,14H2,1-5H3,(H,23,24)/t17-/m0/s1. The maximum absolute atomic E-state index is 12.4. The van der Waals surface area contributed by atoms with Crippen LogP contribution in [0.1, 0.15) is 53.7 Å². The van der Waals surface area contributed by atoms with E-state index in [0.29, 0.717) is 17.9 Å². The van der Waals surface area contributed by atoms with Gasteiger partial charge in [0.2, 0.25) is 0 Å². The number of ether oxygens (including phenoxy) is 2. The summed E-state index contributed by atoms with van der Waals surface area (Å²) >= 11 is 0. The van der Waals surface area contributed by atoms with Crippen LogP contribution < -0.4 is 14.8 Å². The molecule has 0 spiro atoms. The first-order chi connectivity index (χ1) is 12.4. The predicted molar refractivity (Wildman–Crippen MR) is 105 cm³/mol. The average Bonchev–Trinajstić information content (AvgIpc) is 2.62. The molecule has 26 heavy (non-hydrogen) atoms. The summed E-state index contributed by atoms with van der Waals surface area (Å²) in [5.41, 5.74) is 3.89. The molecule has 0 bridgehead atoms. The Kier molecular flexibility index (Phi) is 7.07. The number of hydrogen-bond donors (Lipinski definition) is 1. The van der Waals surface area contributed by atoms with E-state index in [1.165, 1.54) is 11.1 Å². The third-order valence-electron chi connectivity index (χ3n) is 4.51. The van der Waals surface area contributed by atoms with Gasteiger partial charge in [0, 0.05) is 17.2 Å². The van der Waals surface area contributed by atoms with Gasteiger partial charge < -0.3 is 14.8 Å². The monoisotopic (exact) mass is 355 g/mol. The lowest BCUT2D eigenvalue weighted by Crippen LogP contribution is -2.32. The van der Waals surface area contributed by atoms with Crippen molar-refractivity contribution in [2.24, 2.45) is 0 Å². The highest BCUT2D eigenvalue weighted by molar-refractivity contribution is 5.94. The molecule has 140 valence electrons. The van der Waals surface area contributed by atoms with Crippen LogP contribution in [0.2, 0.25) is 0 Å². The lowest BCUT2D eigenvalue weighted by atomic mass is 10.1. The summed E-state index contributed by atoms with van der Waals surface area (Å²) < 4.78 is 11.3. The van der Waals surface area contributed by atoms with Crippen molar-refractivity contribution in [1.29, 1.82) is 0 Å². The third-order valence-corrected chi connectivity index (χ3v) is 4.51. The number of carbonyl (C=O) groups is 1. The van der Waals surface area contributed by atoms with Gasteiger partial charge in [-0.3, -0.25) is 4.79 Å². The van der Waals surface area contributed by atoms with Gasteiger partial charge in [0.1, 0.15) is 18.1 Å². The van der Waals surface area contributed by atoms with Crippen LogP contribution in [0.25, 0.3) is 0 Å². The molecule has 0 saturated heterocycles. The number of amides is 1. The molecule has 0 aliphatic rings. The van der Waals surface area contributed by atoms with Gasteiger partial charge in [0.15, 0.2) is 0 Å². The van der Waals surface area contributed by atoms with Crippen LogP contribution in [0.15, 0.2) is 36.4 Å². The van der Waals surface area contributed by atoms with Gasteiger partial charge in [-0.1, -0.05) is 19.4 Å². The van der Waals surface area contributed by atoms with Gasteiger partial charge in [-0.25, -0.2) is 0 Å². The summed E-state index contributed by atoms with van der Waals surface area (Å²) in [6.07, 6.45) is 2.00. The smallest absolute Gasteiger partial charge is 0.251 e. The second kappa shape index (κ2) is 9.27. The molecule has 0 aromatic heterocycles. The zero-order valence-corrected chi connectivity index (χ0v) is 16.4. The molecule has 0 radical (unpaired) electrons. The van der Waals surface area contributed by atoms with E-state index in [-0.39, 0.29) is 11.9 Å². The van der Waals surface area contributed by atoms with Crippen LogP contribution in [0.3, 0.4) is 0 Å². The summed E-state index contributed by atoms with van der Waals surface area (Å²) in [6, 6.07) is 11.6. The minimum atomic E-state index is -0.0685. The fourth-order valence-electron chi connectivity index (χ4n) is 2.81. The van der Waals surface area contributed by atoms with Crippen molar-refractivity contribution in [3.05, 3.63) is 58.7 Å². The van der Waals surface area contributed by atoms with Gasteiger partial charge >= 0.3 is 0 Å². The van der Waals surface area contributed by atoms with E-state index >= 15 is 0 Å². The fraction of sp³-hybridized carbons (Fsp3) is 0.409. The van der Waals surface area contributed by atoms with E-state index in [1.54, 1.807) is 13.2 Å². The minimum absolute atomic E-state index is 0.0685. The number of nitrogens with one attached hydrogen (secondary N) is 1. The molecule has 0 saturated carbocycles. The summed E-state index contributed by atoms with van der Waals surface area (Å²) in [5.74, 6) is 1.45. The van der Waals surface area contributed by atoms with Crippen molar-refractivity contribution in [3.8, 4) is 11.5 Å². The number of methoxy groups -OCH3 is 1. The van der Waals surface area contributed by atoms with E-state index in [4.69, 9.17) is 9.47 Å². The molecule has 0 aliphatic carbocycles. The second-order valence-electron chi connectivity index (χ2n) is 6.72. The van der Waals surface area contributed by atoms with Crippen LogP contribution in [0, 0.1) is 13.8 Å². The Morgan fingerprint density at radius 3 is 2.54 bits per heavy atom. The van der Waals surface area contributed by atoms with Crippen LogP contribution >= 0.6 is 0 Å². The lowest BCUT2D eigenvalue weighted by Gasteiger charge is -2.15. The quantitative estimate of drug-likeness (QED) is 0.739. The maximum Gasteiger partial charge on any atom is 0.251 e. The lowest BCUT2D eigenvalue weighted by molar-refractivity contribution is 0.0938. The van der Waals surface area contributed by atoms with Crippen molar-refractivity contribution in [2.45, 2.75) is 53.2 Å². The van der Waals surface area contributed by atoms with E-state index in [9.17, 15) is 4.79 Å². The van der Waals surface area contributed by atoms with Gasteiger partial charge in [0.25, 0.3) is 5.91 Å².